The van der Waals surface area contributed by atoms with Crippen LogP contribution in [0.2, 0.25) is 10.0 Å². The third-order valence-corrected chi connectivity index (χ3v) is 4.39. The van der Waals surface area contributed by atoms with Gasteiger partial charge in [0.15, 0.2) is 5.96 Å². The van der Waals surface area contributed by atoms with Crippen molar-refractivity contribution < 1.29 is 0 Å². The van der Waals surface area contributed by atoms with Crippen LogP contribution < -0.4 is 10.6 Å². The molecule has 0 spiro atoms. The quantitative estimate of drug-likeness (QED) is 0.485. The van der Waals surface area contributed by atoms with Gasteiger partial charge in [-0.15, -0.1) is 0 Å². The molecule has 0 bridgehead atoms. The van der Waals surface area contributed by atoms with Crippen LogP contribution in [0.4, 0.5) is 0 Å². The Balaban J connectivity index is 1.63. The Hall–Kier alpha value is -2.57. The van der Waals surface area contributed by atoms with Gasteiger partial charge in [-0.3, -0.25) is 4.57 Å². The van der Waals surface area contributed by atoms with Gasteiger partial charge in [0, 0.05) is 41.7 Å². The number of imidazole rings is 1. The van der Waals surface area contributed by atoms with Crippen LogP contribution in [-0.2, 0) is 13.1 Å². The Bertz CT molecular complexity index is 891. The maximum Gasteiger partial charge on any atom is 0.191 e. The molecule has 0 fully saturated rings. The number of aliphatic imine (C=N–C) groups is 1. The van der Waals surface area contributed by atoms with Gasteiger partial charge in [0.1, 0.15) is 12.1 Å². The third kappa shape index (κ3) is 5.45. The van der Waals surface area contributed by atoms with Gasteiger partial charge in [-0.1, -0.05) is 35.3 Å². The second-order valence-corrected chi connectivity index (χ2v) is 6.62. The minimum absolute atomic E-state index is 0.515. The summed E-state index contributed by atoms with van der Waals surface area (Å²) in [5.74, 6) is 1.53. The molecule has 0 saturated heterocycles. The van der Waals surface area contributed by atoms with Crippen molar-refractivity contribution in [2.45, 2.75) is 20.0 Å². The Morgan fingerprint density at radius 1 is 1.19 bits per heavy atom. The van der Waals surface area contributed by atoms with E-state index >= 15 is 0 Å². The van der Waals surface area contributed by atoms with Crippen molar-refractivity contribution in [3.05, 3.63) is 76.4 Å². The summed E-state index contributed by atoms with van der Waals surface area (Å²) >= 11 is 12.2. The van der Waals surface area contributed by atoms with E-state index in [2.05, 4.69) is 25.6 Å². The highest BCUT2D eigenvalue weighted by molar-refractivity contribution is 6.35. The number of benzene rings is 1. The highest BCUT2D eigenvalue weighted by atomic mass is 35.5. The van der Waals surface area contributed by atoms with Crippen molar-refractivity contribution in [2.75, 3.05) is 6.54 Å². The first-order chi connectivity index (χ1) is 13.2. The van der Waals surface area contributed by atoms with E-state index in [-0.39, 0.29) is 0 Å². The fourth-order valence-electron chi connectivity index (χ4n) is 2.41. The molecule has 0 atom stereocenters. The number of hydrogen-bond acceptors (Lipinski definition) is 3. The largest absolute Gasteiger partial charge is 0.357 e. The topological polar surface area (TPSA) is 67.1 Å². The van der Waals surface area contributed by atoms with Crippen molar-refractivity contribution in [2.24, 2.45) is 4.99 Å². The van der Waals surface area contributed by atoms with Crippen molar-refractivity contribution in [3.8, 4) is 5.82 Å². The van der Waals surface area contributed by atoms with Crippen LogP contribution in [-0.4, -0.2) is 27.0 Å². The monoisotopic (exact) mass is 402 g/mol. The van der Waals surface area contributed by atoms with Gasteiger partial charge in [0.2, 0.25) is 0 Å². The Labute approximate surface area is 168 Å². The summed E-state index contributed by atoms with van der Waals surface area (Å²) in [5, 5.41) is 7.76. The molecule has 6 nitrogen and oxygen atoms in total. The number of aromatic nitrogens is 3. The molecule has 0 amide bonds. The van der Waals surface area contributed by atoms with Gasteiger partial charge >= 0.3 is 0 Å². The van der Waals surface area contributed by atoms with Gasteiger partial charge < -0.3 is 10.6 Å². The number of guanidine groups is 1. The van der Waals surface area contributed by atoms with E-state index in [1.807, 2.05) is 48.1 Å². The van der Waals surface area contributed by atoms with Gasteiger partial charge in [-0.25, -0.2) is 15.0 Å². The molecule has 2 heterocycles. The van der Waals surface area contributed by atoms with Crippen molar-refractivity contribution >= 4 is 29.2 Å². The second-order valence-electron chi connectivity index (χ2n) is 5.78. The Morgan fingerprint density at radius 2 is 2.07 bits per heavy atom. The fourth-order valence-corrected chi connectivity index (χ4v) is 2.89. The number of rotatable bonds is 6. The van der Waals surface area contributed by atoms with Gasteiger partial charge in [-0.2, -0.15) is 0 Å². The number of hydrogen-bond donors (Lipinski definition) is 2. The number of nitrogens with one attached hydrogen (secondary N) is 2. The molecule has 0 radical (unpaired) electrons. The first-order valence-electron chi connectivity index (χ1n) is 8.55. The molecule has 8 heteroatoms. The highest BCUT2D eigenvalue weighted by Gasteiger charge is 2.04. The fraction of sp³-hybridized carbons (Fsp3) is 0.211. The average molecular weight is 403 g/mol. The number of pyridine rings is 1. The zero-order chi connectivity index (χ0) is 19.1. The molecule has 3 rings (SSSR count). The van der Waals surface area contributed by atoms with E-state index in [0.29, 0.717) is 29.1 Å². The van der Waals surface area contributed by atoms with E-state index in [1.165, 1.54) is 0 Å². The van der Waals surface area contributed by atoms with Gasteiger partial charge in [0.25, 0.3) is 0 Å². The standard InChI is InChI=1S/C19H20Cl2N6/c1-2-23-19(26-12-15-4-5-16(20)9-17(15)21)25-11-14-3-6-18(24-10-14)27-8-7-22-13-27/h3-10,13H,2,11-12H2,1H3,(H2,23,25,26). The van der Waals surface area contributed by atoms with Crippen LogP contribution in [0.3, 0.4) is 0 Å². The molecule has 0 saturated carbocycles. The lowest BCUT2D eigenvalue weighted by atomic mass is 10.2. The molecule has 27 heavy (non-hydrogen) atoms. The maximum atomic E-state index is 6.22. The van der Waals surface area contributed by atoms with Crippen LogP contribution in [0.15, 0.2) is 60.2 Å². The van der Waals surface area contributed by atoms with Crippen LogP contribution in [0.5, 0.6) is 0 Å². The molecule has 1 aromatic carbocycles. The molecule has 0 aliphatic carbocycles. The smallest absolute Gasteiger partial charge is 0.191 e. The lowest BCUT2D eigenvalue weighted by molar-refractivity contribution is 0.815. The summed E-state index contributed by atoms with van der Waals surface area (Å²) in [6.45, 7) is 3.85. The summed E-state index contributed by atoms with van der Waals surface area (Å²) in [4.78, 5) is 13.1. The molecule has 140 valence electrons. The minimum atomic E-state index is 0.515. The van der Waals surface area contributed by atoms with Crippen LogP contribution in [0.25, 0.3) is 5.82 Å². The highest BCUT2D eigenvalue weighted by Crippen LogP contribution is 2.20. The van der Waals surface area contributed by atoms with Crippen molar-refractivity contribution in [1.82, 2.24) is 25.2 Å². The number of nitrogens with zero attached hydrogens (tertiary/aromatic N) is 4. The van der Waals surface area contributed by atoms with Crippen LogP contribution in [0, 0.1) is 0 Å². The average Bonchev–Trinajstić information content (AvgIpc) is 3.20. The van der Waals surface area contributed by atoms with Crippen molar-refractivity contribution in [1.29, 1.82) is 0 Å². The summed E-state index contributed by atoms with van der Waals surface area (Å²) in [7, 11) is 0. The molecule has 0 aliphatic rings. The predicted octanol–water partition coefficient (Wildman–Crippen LogP) is 3.83. The summed E-state index contributed by atoms with van der Waals surface area (Å²) in [6, 6.07) is 9.41. The summed E-state index contributed by atoms with van der Waals surface area (Å²) in [6.07, 6.45) is 7.12. The molecule has 0 aliphatic heterocycles. The lowest BCUT2D eigenvalue weighted by Gasteiger charge is -2.12. The predicted molar refractivity (Wildman–Crippen MR) is 109 cm³/mol. The van der Waals surface area contributed by atoms with Gasteiger partial charge in [0.05, 0.1) is 6.54 Å². The van der Waals surface area contributed by atoms with E-state index in [1.54, 1.807) is 18.6 Å². The molecule has 3 aromatic rings. The third-order valence-electron chi connectivity index (χ3n) is 3.80. The zero-order valence-corrected chi connectivity index (χ0v) is 16.4. The van der Waals surface area contributed by atoms with Crippen LogP contribution in [0.1, 0.15) is 18.1 Å². The molecule has 0 unspecified atom stereocenters. The Morgan fingerprint density at radius 3 is 2.74 bits per heavy atom. The molecular formula is C19H20Cl2N6. The number of halogens is 2. The van der Waals surface area contributed by atoms with Crippen LogP contribution >= 0.6 is 23.2 Å². The zero-order valence-electron chi connectivity index (χ0n) is 14.9. The molecular weight excluding hydrogens is 383 g/mol. The van der Waals surface area contributed by atoms with E-state index in [4.69, 9.17) is 23.2 Å². The Kier molecular flexibility index (Phi) is 6.68. The molecule has 2 aromatic heterocycles. The lowest BCUT2D eigenvalue weighted by Crippen LogP contribution is -2.36. The van der Waals surface area contributed by atoms with E-state index in [0.717, 1.165) is 23.5 Å². The van der Waals surface area contributed by atoms with E-state index < -0.39 is 0 Å². The first kappa shape index (κ1) is 19.2. The summed E-state index contributed by atoms with van der Waals surface area (Å²) in [5.41, 5.74) is 1.97. The minimum Gasteiger partial charge on any atom is -0.357 e. The first-order valence-corrected chi connectivity index (χ1v) is 9.30. The molecule has 2 N–H and O–H groups in total. The second kappa shape index (κ2) is 9.39. The van der Waals surface area contributed by atoms with E-state index in [9.17, 15) is 0 Å². The maximum absolute atomic E-state index is 6.22. The van der Waals surface area contributed by atoms with Gasteiger partial charge in [-0.05, 0) is 36.2 Å². The summed E-state index contributed by atoms with van der Waals surface area (Å²) < 4.78 is 1.86. The normalized spacial score (nSPS) is 11.4. The van der Waals surface area contributed by atoms with Crippen molar-refractivity contribution in [3.63, 3.8) is 0 Å². The SMILES string of the molecule is CCNC(=NCc1ccc(-n2ccnc2)nc1)NCc1ccc(Cl)cc1Cl.